The Morgan fingerprint density at radius 2 is 1.70 bits per heavy atom. The van der Waals surface area contributed by atoms with Crippen molar-refractivity contribution in [3.63, 3.8) is 0 Å². The van der Waals surface area contributed by atoms with Gasteiger partial charge in [0.25, 0.3) is 5.91 Å². The standard InChI is InChI=1S/C22H26N2O5S/c1-28-20-13-16-8-10-23(15-18(16)14-21(20)29-2)22(25)17-6-5-7-19(12-17)24-9-3-4-11-30(24,26)27/h5-7,12-14H,3-4,8-11,15H2,1-2H3. The zero-order chi connectivity index (χ0) is 21.3. The van der Waals surface area contributed by atoms with Crippen molar-refractivity contribution in [2.75, 3.05) is 37.4 Å². The lowest BCUT2D eigenvalue weighted by atomic mass is 9.98. The number of hydrogen-bond acceptors (Lipinski definition) is 5. The van der Waals surface area contributed by atoms with E-state index in [0.29, 0.717) is 48.8 Å². The number of sulfonamides is 1. The van der Waals surface area contributed by atoms with Gasteiger partial charge >= 0.3 is 0 Å². The Kier molecular flexibility index (Phi) is 5.60. The summed E-state index contributed by atoms with van der Waals surface area (Å²) >= 11 is 0. The summed E-state index contributed by atoms with van der Waals surface area (Å²) in [4.78, 5) is 15.0. The predicted octanol–water partition coefficient (Wildman–Crippen LogP) is 2.83. The summed E-state index contributed by atoms with van der Waals surface area (Å²) < 4.78 is 37.0. The molecule has 1 fully saturated rings. The van der Waals surface area contributed by atoms with Crippen LogP contribution in [0.5, 0.6) is 11.5 Å². The largest absolute Gasteiger partial charge is 0.493 e. The normalized spacial score (nSPS) is 17.9. The van der Waals surface area contributed by atoms with Crippen LogP contribution in [0.25, 0.3) is 0 Å². The third-order valence-electron chi connectivity index (χ3n) is 5.74. The summed E-state index contributed by atoms with van der Waals surface area (Å²) in [5.41, 5.74) is 3.23. The molecule has 4 rings (SSSR count). The number of carbonyl (C=O) groups is 1. The maximum absolute atomic E-state index is 13.2. The van der Waals surface area contributed by atoms with Crippen LogP contribution < -0.4 is 13.8 Å². The van der Waals surface area contributed by atoms with Gasteiger partial charge < -0.3 is 14.4 Å². The SMILES string of the molecule is COc1cc2c(cc1OC)CN(C(=O)c1cccc(N3CCCCS3(=O)=O)c1)CC2. The minimum absolute atomic E-state index is 0.105. The fraction of sp³-hybridized carbons (Fsp3) is 0.409. The maximum atomic E-state index is 13.2. The lowest BCUT2D eigenvalue weighted by Crippen LogP contribution is -2.38. The van der Waals surface area contributed by atoms with Gasteiger partial charge in [-0.3, -0.25) is 9.10 Å². The first kappa shape index (κ1) is 20.5. The smallest absolute Gasteiger partial charge is 0.254 e. The number of benzene rings is 2. The molecule has 1 amide bonds. The Labute approximate surface area is 177 Å². The van der Waals surface area contributed by atoms with E-state index < -0.39 is 10.0 Å². The molecule has 8 heteroatoms. The van der Waals surface area contributed by atoms with Crippen LogP contribution in [0.3, 0.4) is 0 Å². The molecule has 0 spiro atoms. The minimum Gasteiger partial charge on any atom is -0.493 e. The molecule has 7 nitrogen and oxygen atoms in total. The summed E-state index contributed by atoms with van der Waals surface area (Å²) in [7, 11) is -0.113. The van der Waals surface area contributed by atoms with Crippen LogP contribution in [0.4, 0.5) is 5.69 Å². The van der Waals surface area contributed by atoms with Gasteiger partial charge in [0, 0.05) is 25.2 Å². The maximum Gasteiger partial charge on any atom is 0.254 e. The van der Waals surface area contributed by atoms with E-state index in [0.717, 1.165) is 24.0 Å². The highest BCUT2D eigenvalue weighted by Gasteiger charge is 2.28. The van der Waals surface area contributed by atoms with Crippen LogP contribution in [-0.2, 0) is 23.0 Å². The van der Waals surface area contributed by atoms with Gasteiger partial charge in [-0.25, -0.2) is 8.42 Å². The van der Waals surface area contributed by atoms with Crippen molar-refractivity contribution >= 4 is 21.6 Å². The van der Waals surface area contributed by atoms with Gasteiger partial charge in [0.2, 0.25) is 10.0 Å². The Balaban J connectivity index is 1.57. The molecule has 0 unspecified atom stereocenters. The molecule has 0 aromatic heterocycles. The number of carbonyl (C=O) groups excluding carboxylic acids is 1. The summed E-state index contributed by atoms with van der Waals surface area (Å²) in [6, 6.07) is 10.8. The fourth-order valence-corrected chi connectivity index (χ4v) is 5.74. The number of rotatable bonds is 4. The second-order valence-electron chi connectivity index (χ2n) is 7.60. The number of anilines is 1. The van der Waals surface area contributed by atoms with Crippen molar-refractivity contribution < 1.29 is 22.7 Å². The van der Waals surface area contributed by atoms with Crippen LogP contribution in [-0.4, -0.2) is 52.3 Å². The van der Waals surface area contributed by atoms with Crippen molar-refractivity contribution in [3.8, 4) is 11.5 Å². The van der Waals surface area contributed by atoms with E-state index in [9.17, 15) is 13.2 Å². The number of ether oxygens (including phenoxy) is 2. The number of hydrogen-bond donors (Lipinski definition) is 0. The van der Waals surface area contributed by atoms with Gasteiger partial charge in [-0.05, 0) is 60.7 Å². The van der Waals surface area contributed by atoms with Crippen LogP contribution >= 0.6 is 0 Å². The third kappa shape index (κ3) is 3.84. The van der Waals surface area contributed by atoms with Crippen molar-refractivity contribution in [3.05, 3.63) is 53.1 Å². The van der Waals surface area contributed by atoms with E-state index in [-0.39, 0.29) is 11.7 Å². The molecule has 0 aliphatic carbocycles. The minimum atomic E-state index is -3.32. The summed E-state index contributed by atoms with van der Waals surface area (Å²) in [5.74, 6) is 1.38. The highest BCUT2D eigenvalue weighted by molar-refractivity contribution is 7.92. The average Bonchev–Trinajstić information content (AvgIpc) is 2.77. The quantitative estimate of drug-likeness (QED) is 0.746. The monoisotopic (exact) mass is 430 g/mol. The molecule has 0 atom stereocenters. The molecule has 30 heavy (non-hydrogen) atoms. The zero-order valence-corrected chi connectivity index (χ0v) is 18.1. The van der Waals surface area contributed by atoms with Gasteiger partial charge in [-0.15, -0.1) is 0 Å². The second-order valence-corrected chi connectivity index (χ2v) is 9.61. The van der Waals surface area contributed by atoms with E-state index in [2.05, 4.69) is 0 Å². The third-order valence-corrected chi connectivity index (χ3v) is 7.61. The van der Waals surface area contributed by atoms with Crippen molar-refractivity contribution in [1.29, 1.82) is 0 Å². The molecular formula is C22H26N2O5S. The number of methoxy groups -OCH3 is 2. The average molecular weight is 431 g/mol. The Morgan fingerprint density at radius 3 is 2.40 bits per heavy atom. The first-order chi connectivity index (χ1) is 14.4. The van der Waals surface area contributed by atoms with E-state index in [1.165, 1.54) is 4.31 Å². The van der Waals surface area contributed by atoms with E-state index >= 15 is 0 Å². The topological polar surface area (TPSA) is 76.2 Å². The van der Waals surface area contributed by atoms with Crippen LogP contribution in [0.2, 0.25) is 0 Å². The second kappa shape index (κ2) is 8.18. The molecule has 2 aliphatic rings. The summed E-state index contributed by atoms with van der Waals surface area (Å²) in [6.07, 6.45) is 2.23. The van der Waals surface area contributed by atoms with Gasteiger partial charge in [-0.1, -0.05) is 6.07 Å². The van der Waals surface area contributed by atoms with Gasteiger partial charge in [0.05, 0.1) is 25.7 Å². The number of nitrogens with zero attached hydrogens (tertiary/aromatic N) is 2. The first-order valence-corrected chi connectivity index (χ1v) is 11.7. The molecule has 0 radical (unpaired) electrons. The number of amides is 1. The Morgan fingerprint density at radius 1 is 0.967 bits per heavy atom. The molecule has 2 aromatic rings. The van der Waals surface area contributed by atoms with Crippen LogP contribution in [0, 0.1) is 0 Å². The van der Waals surface area contributed by atoms with Gasteiger partial charge in [0.1, 0.15) is 0 Å². The Hall–Kier alpha value is -2.74. The molecule has 0 saturated carbocycles. The van der Waals surface area contributed by atoms with E-state index in [4.69, 9.17) is 9.47 Å². The molecular weight excluding hydrogens is 404 g/mol. The molecule has 0 N–H and O–H groups in total. The molecule has 2 heterocycles. The Bertz CT molecular complexity index is 1070. The zero-order valence-electron chi connectivity index (χ0n) is 17.3. The fourth-order valence-electron chi connectivity index (χ4n) is 4.11. The summed E-state index contributed by atoms with van der Waals surface area (Å²) in [6.45, 7) is 1.52. The lowest BCUT2D eigenvalue weighted by Gasteiger charge is -2.31. The molecule has 1 saturated heterocycles. The van der Waals surface area contributed by atoms with E-state index in [1.807, 2.05) is 12.1 Å². The number of fused-ring (bicyclic) bond motifs is 1. The van der Waals surface area contributed by atoms with Crippen molar-refractivity contribution in [2.45, 2.75) is 25.8 Å². The van der Waals surface area contributed by atoms with Crippen molar-refractivity contribution in [1.82, 2.24) is 4.90 Å². The highest BCUT2D eigenvalue weighted by Crippen LogP contribution is 2.34. The first-order valence-electron chi connectivity index (χ1n) is 10.1. The molecule has 0 bridgehead atoms. The highest BCUT2D eigenvalue weighted by atomic mass is 32.2. The van der Waals surface area contributed by atoms with Crippen LogP contribution in [0.15, 0.2) is 36.4 Å². The van der Waals surface area contributed by atoms with Crippen LogP contribution in [0.1, 0.15) is 34.3 Å². The van der Waals surface area contributed by atoms with Crippen molar-refractivity contribution in [2.24, 2.45) is 0 Å². The van der Waals surface area contributed by atoms with Gasteiger partial charge in [-0.2, -0.15) is 0 Å². The molecule has 2 aliphatic heterocycles. The van der Waals surface area contributed by atoms with Gasteiger partial charge in [0.15, 0.2) is 11.5 Å². The molecule has 2 aromatic carbocycles. The lowest BCUT2D eigenvalue weighted by molar-refractivity contribution is 0.0734. The van der Waals surface area contributed by atoms with E-state index in [1.54, 1.807) is 43.4 Å². The molecule has 160 valence electrons. The predicted molar refractivity (Wildman–Crippen MR) is 115 cm³/mol. The summed E-state index contributed by atoms with van der Waals surface area (Å²) in [5, 5.41) is 0.